The van der Waals surface area contributed by atoms with Gasteiger partial charge in [0.05, 0.1) is 0 Å². The Balaban J connectivity index is -0.000000121. The zero-order valence-electron chi connectivity index (χ0n) is 14.1. The Labute approximate surface area is 132 Å². The minimum absolute atomic E-state index is 0.606. The molecule has 0 bridgehead atoms. The first-order chi connectivity index (χ1) is 9.73. The fourth-order valence-corrected chi connectivity index (χ4v) is 1.03. The second kappa shape index (κ2) is 26.3. The molecule has 0 radical (unpaired) electrons. The molecule has 0 spiro atoms. The number of terminal acetylenes is 1. The van der Waals surface area contributed by atoms with Gasteiger partial charge in [-0.15, -0.1) is 12.8 Å². The summed E-state index contributed by atoms with van der Waals surface area (Å²) in [5, 5.41) is 0. The Hall–Kier alpha value is -1.33. The highest BCUT2D eigenvalue weighted by atomic mass is 32.1. The summed E-state index contributed by atoms with van der Waals surface area (Å²) < 4.78 is 5.34. The van der Waals surface area contributed by atoms with Gasteiger partial charge in [-0.1, -0.05) is 67.2 Å². The van der Waals surface area contributed by atoms with Crippen LogP contribution in [0, 0.1) is 12.8 Å². The maximum absolute atomic E-state index is 5.34. The zero-order chi connectivity index (χ0) is 17.0. The van der Waals surface area contributed by atoms with Gasteiger partial charge in [0.25, 0.3) is 0 Å². The van der Waals surface area contributed by atoms with Gasteiger partial charge in [-0.05, 0) is 12.1 Å². The van der Waals surface area contributed by atoms with Crippen molar-refractivity contribution in [1.82, 2.24) is 0 Å². The average Bonchev–Trinajstić information content (AvgIpc) is 2.96. The van der Waals surface area contributed by atoms with Crippen molar-refractivity contribution in [2.45, 2.75) is 53.7 Å². The molecule has 0 unspecified atom stereocenters. The van der Waals surface area contributed by atoms with Crippen molar-refractivity contribution in [1.29, 1.82) is 0 Å². The number of hydrogen-bond acceptors (Lipinski definition) is 2. The normalized spacial score (nSPS) is 6.85. The van der Waals surface area contributed by atoms with Gasteiger partial charge in [-0.2, -0.15) is 12.6 Å². The molecular formula is C18H32OS. The molecule has 0 saturated carbocycles. The monoisotopic (exact) mass is 296 g/mol. The summed E-state index contributed by atoms with van der Waals surface area (Å²) in [6.07, 6.45) is 12.7. The van der Waals surface area contributed by atoms with E-state index in [4.69, 9.17) is 4.42 Å². The molecule has 0 saturated heterocycles. The van der Waals surface area contributed by atoms with Gasteiger partial charge in [0, 0.05) is 11.3 Å². The van der Waals surface area contributed by atoms with E-state index in [1.54, 1.807) is 12.2 Å². The summed E-state index contributed by atoms with van der Waals surface area (Å²) >= 11 is 4.09. The van der Waals surface area contributed by atoms with E-state index in [9.17, 15) is 0 Å². The molecule has 0 aromatic carbocycles. The van der Waals surface area contributed by atoms with Crippen molar-refractivity contribution in [3.63, 3.8) is 0 Å². The maximum atomic E-state index is 5.34. The van der Waals surface area contributed by atoms with Gasteiger partial charge in [-0.25, -0.2) is 0 Å². The lowest BCUT2D eigenvalue weighted by Gasteiger charge is -1.85. The fraction of sp³-hybridized carbons (Fsp3) is 0.444. The molecule has 0 N–H and O–H groups in total. The van der Waals surface area contributed by atoms with Crippen LogP contribution in [0.5, 0.6) is 0 Å². The molecule has 1 heterocycles. The van der Waals surface area contributed by atoms with Crippen molar-refractivity contribution >= 4 is 24.8 Å². The van der Waals surface area contributed by atoms with Crippen LogP contribution in [0.15, 0.2) is 23.6 Å². The number of furan rings is 1. The van der Waals surface area contributed by atoms with Crippen LogP contribution < -0.4 is 0 Å². The van der Waals surface area contributed by atoms with Crippen molar-refractivity contribution in [2.75, 3.05) is 0 Å². The molecule has 1 aromatic heterocycles. The van der Waals surface area contributed by atoms with E-state index >= 15 is 0 Å². The lowest BCUT2D eigenvalue weighted by atomic mass is 10.2. The summed E-state index contributed by atoms with van der Waals surface area (Å²) in [5.41, 5.74) is 0.976. The van der Waals surface area contributed by atoms with E-state index in [0.717, 1.165) is 17.1 Å². The van der Waals surface area contributed by atoms with E-state index in [1.807, 2.05) is 33.8 Å². The van der Waals surface area contributed by atoms with E-state index < -0.39 is 0 Å². The predicted molar refractivity (Wildman–Crippen MR) is 100 cm³/mol. The Bertz CT molecular complexity index is 296. The second-order valence-electron chi connectivity index (χ2n) is 2.81. The molecule has 1 rings (SSSR count). The second-order valence-corrected chi connectivity index (χ2v) is 3.12. The fourth-order valence-electron chi connectivity index (χ4n) is 0.871. The van der Waals surface area contributed by atoms with Crippen LogP contribution in [0.25, 0.3) is 12.2 Å². The third-order valence-electron chi connectivity index (χ3n) is 1.40. The van der Waals surface area contributed by atoms with Crippen LogP contribution in [-0.2, 0) is 5.75 Å². The minimum atomic E-state index is 0.606. The highest BCUT2D eigenvalue weighted by Crippen LogP contribution is 2.18. The van der Waals surface area contributed by atoms with E-state index in [2.05, 4.69) is 52.5 Å². The molecule has 116 valence electrons. The van der Waals surface area contributed by atoms with Gasteiger partial charge in [0.1, 0.15) is 11.5 Å². The molecule has 0 amide bonds. The van der Waals surface area contributed by atoms with Gasteiger partial charge < -0.3 is 4.42 Å². The third-order valence-corrected chi connectivity index (χ3v) is 1.71. The quantitative estimate of drug-likeness (QED) is 0.483. The molecule has 20 heavy (non-hydrogen) atoms. The molecule has 0 atom stereocenters. The average molecular weight is 297 g/mol. The highest BCUT2D eigenvalue weighted by molar-refractivity contribution is 7.79. The Morgan fingerprint density at radius 2 is 1.50 bits per heavy atom. The lowest BCUT2D eigenvalue weighted by molar-refractivity contribution is 0.521. The zero-order valence-corrected chi connectivity index (χ0v) is 15.0. The first-order valence-electron chi connectivity index (χ1n) is 7.05. The van der Waals surface area contributed by atoms with Crippen molar-refractivity contribution in [2.24, 2.45) is 0 Å². The maximum Gasteiger partial charge on any atom is 0.133 e. The number of rotatable bonds is 3. The first kappa shape index (κ1) is 27.1. The van der Waals surface area contributed by atoms with Crippen molar-refractivity contribution in [3.8, 4) is 12.8 Å². The van der Waals surface area contributed by atoms with Crippen molar-refractivity contribution < 1.29 is 4.42 Å². The summed E-state index contributed by atoms with van der Waals surface area (Å²) in [6.45, 7) is 19.5. The van der Waals surface area contributed by atoms with Crippen LogP contribution in [-0.4, -0.2) is 0 Å². The summed E-state index contributed by atoms with van der Waals surface area (Å²) in [5.74, 6) is 2.22. The highest BCUT2D eigenvalue weighted by Gasteiger charge is 2.02. The Kier molecular flexibility index (Phi) is 35.6. The summed E-state index contributed by atoms with van der Waals surface area (Å²) in [7, 11) is 0. The topological polar surface area (TPSA) is 13.1 Å². The summed E-state index contributed by atoms with van der Waals surface area (Å²) in [4.78, 5) is 0. The molecule has 0 aliphatic heterocycles. The molecular weight excluding hydrogens is 264 g/mol. The molecule has 0 aliphatic rings. The largest absolute Gasteiger partial charge is 0.460 e. The van der Waals surface area contributed by atoms with Crippen LogP contribution in [0.1, 0.15) is 65.0 Å². The number of thiol groups is 1. The molecule has 1 nitrogen and oxygen atoms in total. The van der Waals surface area contributed by atoms with Gasteiger partial charge in [0.15, 0.2) is 0 Å². The smallest absolute Gasteiger partial charge is 0.133 e. The van der Waals surface area contributed by atoms with Crippen molar-refractivity contribution in [3.05, 3.63) is 36.3 Å². The Morgan fingerprint density at radius 3 is 1.70 bits per heavy atom. The standard InChI is InChI=1S/C9H10OS.C3H8.2C2H6.C2H2/c1-3-7-5-8(6-11)10-9(7)4-2;1-3-2;3*1-2/h3-5,11H,1-2,6H2;3H2,1-2H3;2*1-2H3;1-2H. The van der Waals surface area contributed by atoms with E-state index in [0.29, 0.717) is 5.75 Å². The Morgan fingerprint density at radius 1 is 1.10 bits per heavy atom. The van der Waals surface area contributed by atoms with Crippen LogP contribution >= 0.6 is 12.6 Å². The van der Waals surface area contributed by atoms with Gasteiger partial charge in [-0.3, -0.25) is 0 Å². The van der Waals surface area contributed by atoms with E-state index in [1.165, 1.54) is 6.42 Å². The molecule has 0 fully saturated rings. The minimum Gasteiger partial charge on any atom is -0.460 e. The molecule has 0 aliphatic carbocycles. The first-order valence-corrected chi connectivity index (χ1v) is 7.68. The van der Waals surface area contributed by atoms with Crippen LogP contribution in [0.3, 0.4) is 0 Å². The molecule has 1 aromatic rings. The predicted octanol–water partition coefficient (Wildman–Crippen LogP) is 6.71. The lowest BCUT2D eigenvalue weighted by Crippen LogP contribution is -1.66. The van der Waals surface area contributed by atoms with E-state index in [-0.39, 0.29) is 0 Å². The van der Waals surface area contributed by atoms with Crippen LogP contribution in [0.4, 0.5) is 0 Å². The number of hydrogen-bond donors (Lipinski definition) is 1. The molecule has 2 heteroatoms. The van der Waals surface area contributed by atoms with Gasteiger partial charge in [0.2, 0.25) is 0 Å². The van der Waals surface area contributed by atoms with Crippen LogP contribution in [0.2, 0.25) is 0 Å². The third kappa shape index (κ3) is 14.7. The summed E-state index contributed by atoms with van der Waals surface area (Å²) in [6, 6.07) is 1.91. The van der Waals surface area contributed by atoms with Gasteiger partial charge >= 0.3 is 0 Å². The SMILES string of the molecule is C#C.C=Cc1cc(CS)oc1C=C.CC.CC.CCC.